The van der Waals surface area contributed by atoms with E-state index in [2.05, 4.69) is 144 Å². The van der Waals surface area contributed by atoms with E-state index in [0.717, 1.165) is 77.1 Å². The Balaban J connectivity index is -0.000000194. The van der Waals surface area contributed by atoms with Gasteiger partial charge in [-0.05, 0) is 188 Å². The van der Waals surface area contributed by atoms with Crippen molar-refractivity contribution >= 4 is 0 Å². The van der Waals surface area contributed by atoms with Crippen LogP contribution in [0.25, 0.3) is 0 Å². The van der Waals surface area contributed by atoms with E-state index in [4.69, 9.17) is 0 Å². The maximum Gasteiger partial charge on any atom is 0.0125 e. The van der Waals surface area contributed by atoms with Crippen molar-refractivity contribution < 1.29 is 0 Å². The zero-order valence-electron chi connectivity index (χ0n) is 38.6. The number of hydrogen-bond acceptors (Lipinski definition) is 5. The third-order valence-corrected chi connectivity index (χ3v) is 13.4. The Morgan fingerprint density at radius 2 is 0.842 bits per heavy atom. The Kier molecular flexibility index (Phi) is 38.7. The van der Waals surface area contributed by atoms with Crippen LogP contribution in [-0.4, -0.2) is 63.9 Å². The fraction of sp³-hybridized carbons (Fsp3) is 1.00. The summed E-state index contributed by atoms with van der Waals surface area (Å²) in [5.74, 6) is 10.6. The van der Waals surface area contributed by atoms with Gasteiger partial charge in [0.15, 0.2) is 0 Å². The first kappa shape index (κ1) is 65.9. The van der Waals surface area contributed by atoms with Crippen LogP contribution < -0.4 is 26.6 Å². The highest BCUT2D eigenvalue weighted by Crippen LogP contribution is 2.32. The van der Waals surface area contributed by atoms with Gasteiger partial charge in [-0.3, -0.25) is 0 Å². The van der Waals surface area contributed by atoms with Gasteiger partial charge in [-0.15, -0.1) is 0 Å². The lowest BCUT2D eigenvalue weighted by Crippen LogP contribution is -2.47. The molecule has 0 aromatic carbocycles. The summed E-state index contributed by atoms with van der Waals surface area (Å²) in [6.45, 7) is 49.3. The predicted molar refractivity (Wildman–Crippen MR) is 268 cm³/mol. The third kappa shape index (κ3) is 29.7. The number of piperidine rings is 5. The van der Waals surface area contributed by atoms with Crippen LogP contribution in [-0.2, 0) is 0 Å². The molecular formula is C52H119N5. The molecule has 0 spiro atoms. The van der Waals surface area contributed by atoms with E-state index in [9.17, 15) is 0 Å². The normalized spacial score (nSPS) is 30.2. The molecule has 0 aromatic heterocycles. The molecule has 0 aliphatic carbocycles. The summed E-state index contributed by atoms with van der Waals surface area (Å²) < 4.78 is 0. The van der Waals surface area contributed by atoms with E-state index in [1.54, 1.807) is 0 Å². The molecular weight excluding hydrogens is 695 g/mol. The molecule has 0 radical (unpaired) electrons. The third-order valence-electron chi connectivity index (χ3n) is 13.4. The zero-order valence-corrected chi connectivity index (χ0v) is 38.6. The van der Waals surface area contributed by atoms with Crippen molar-refractivity contribution in [3.8, 4) is 0 Å². The van der Waals surface area contributed by atoms with E-state index in [1.165, 1.54) is 97.3 Å². The van der Waals surface area contributed by atoms with Gasteiger partial charge >= 0.3 is 0 Å². The second-order valence-corrected chi connectivity index (χ2v) is 21.7. The van der Waals surface area contributed by atoms with Gasteiger partial charge in [0.1, 0.15) is 0 Å². The molecule has 5 N–H and O–H groups in total. The van der Waals surface area contributed by atoms with E-state index in [0.29, 0.717) is 11.0 Å². The fourth-order valence-electron chi connectivity index (χ4n) is 8.64. The van der Waals surface area contributed by atoms with E-state index >= 15 is 0 Å². The molecule has 8 atom stereocenters. The predicted octanol–water partition coefficient (Wildman–Crippen LogP) is 13.7. The van der Waals surface area contributed by atoms with Crippen LogP contribution in [0, 0.1) is 76.4 Å². The topological polar surface area (TPSA) is 60.1 Å². The summed E-state index contributed by atoms with van der Waals surface area (Å²) in [5, 5.41) is 17.5. The molecule has 352 valence electrons. The first-order valence-corrected chi connectivity index (χ1v) is 22.7. The van der Waals surface area contributed by atoms with Crippen LogP contribution >= 0.6 is 0 Å². The molecule has 5 nitrogen and oxygen atoms in total. The number of rotatable bonds is 5. The Morgan fingerprint density at radius 3 is 1.12 bits per heavy atom. The van der Waals surface area contributed by atoms with Crippen LogP contribution in [0.5, 0.6) is 0 Å². The zero-order chi connectivity index (χ0) is 39.6. The second kappa shape index (κ2) is 33.4. The monoisotopic (exact) mass is 814 g/mol. The van der Waals surface area contributed by atoms with E-state index < -0.39 is 0 Å². The van der Waals surface area contributed by atoms with Crippen molar-refractivity contribution in [2.24, 2.45) is 76.4 Å². The fourth-order valence-corrected chi connectivity index (χ4v) is 8.64. The molecule has 0 aromatic rings. The molecule has 5 rings (SSSR count). The maximum atomic E-state index is 3.59. The van der Waals surface area contributed by atoms with Crippen LogP contribution in [0.15, 0.2) is 0 Å². The van der Waals surface area contributed by atoms with Gasteiger partial charge in [-0.2, -0.15) is 0 Å². The molecule has 57 heavy (non-hydrogen) atoms. The Labute approximate surface area is 365 Å². The van der Waals surface area contributed by atoms with Crippen LogP contribution in [0.1, 0.15) is 200 Å². The van der Waals surface area contributed by atoms with Gasteiger partial charge < -0.3 is 26.6 Å². The van der Waals surface area contributed by atoms with Crippen LogP contribution in [0.3, 0.4) is 0 Å². The molecule has 0 saturated carbocycles. The highest BCUT2D eigenvalue weighted by molar-refractivity contribution is 4.86. The molecule has 0 amide bonds. The first-order chi connectivity index (χ1) is 24.1. The van der Waals surface area contributed by atoms with Crippen molar-refractivity contribution in [2.75, 3.05) is 52.4 Å². The summed E-state index contributed by atoms with van der Waals surface area (Å²) in [4.78, 5) is 0. The highest BCUT2D eigenvalue weighted by atomic mass is 15.0. The number of nitrogens with one attached hydrogen (secondary N) is 5. The van der Waals surface area contributed by atoms with Crippen LogP contribution in [0.4, 0.5) is 0 Å². The lowest BCUT2D eigenvalue weighted by molar-refractivity contribution is 0.165. The van der Waals surface area contributed by atoms with E-state index in [-0.39, 0.29) is 37.1 Å². The standard InChI is InChI=1S/2C10H21N.3C9H19N.5CH4/c1-8(2)9-5-10(3,4)7-11-6-9;1-8(2)9-5-6-10(3,4)11-7-9;2*1-7(2)9-4-8(3)5-10-6-9;1-7(2)9-5-4-8(3)10-6-9;;;;;/h2*8-9,11H,5-7H2,1-4H3;3*7-10H,4-6H2,1-3H3;5*1H4/t2*9-;8-,9+;2*8-,9-;;;;;/m00100...../s1. The first-order valence-electron chi connectivity index (χ1n) is 22.7. The molecule has 5 saturated heterocycles. The summed E-state index contributed by atoms with van der Waals surface area (Å²) in [7, 11) is 0. The quantitative estimate of drug-likeness (QED) is 0.191. The van der Waals surface area contributed by atoms with Crippen molar-refractivity contribution in [3.05, 3.63) is 0 Å². The van der Waals surface area contributed by atoms with Crippen molar-refractivity contribution in [2.45, 2.75) is 211 Å². The molecule has 5 heteroatoms. The Hall–Kier alpha value is -0.200. The largest absolute Gasteiger partial charge is 0.316 e. The minimum atomic E-state index is 0. The minimum Gasteiger partial charge on any atom is -0.316 e. The number of hydrogen-bond donors (Lipinski definition) is 5. The molecule has 0 bridgehead atoms. The average Bonchev–Trinajstić information content (AvgIpc) is 3.05. The van der Waals surface area contributed by atoms with Crippen LogP contribution in [0.2, 0.25) is 0 Å². The average molecular weight is 815 g/mol. The molecule has 5 aliphatic rings. The lowest BCUT2D eigenvalue weighted by atomic mass is 9.75. The lowest BCUT2D eigenvalue weighted by Gasteiger charge is -2.37. The van der Waals surface area contributed by atoms with Crippen molar-refractivity contribution in [1.29, 1.82) is 0 Å². The van der Waals surface area contributed by atoms with Gasteiger partial charge in [-0.1, -0.05) is 134 Å². The smallest absolute Gasteiger partial charge is 0.0125 e. The van der Waals surface area contributed by atoms with Crippen molar-refractivity contribution in [3.63, 3.8) is 0 Å². The second-order valence-electron chi connectivity index (χ2n) is 21.7. The summed E-state index contributed by atoms with van der Waals surface area (Å²) in [6.07, 6.45) is 9.75. The van der Waals surface area contributed by atoms with Gasteiger partial charge in [0.2, 0.25) is 0 Å². The molecule has 5 aliphatic heterocycles. The van der Waals surface area contributed by atoms with Crippen molar-refractivity contribution in [1.82, 2.24) is 26.6 Å². The molecule has 5 fully saturated rings. The maximum absolute atomic E-state index is 3.59. The van der Waals surface area contributed by atoms with Gasteiger partial charge in [0.25, 0.3) is 0 Å². The van der Waals surface area contributed by atoms with Gasteiger partial charge in [-0.25, -0.2) is 0 Å². The van der Waals surface area contributed by atoms with Gasteiger partial charge in [0, 0.05) is 18.1 Å². The SMILES string of the molecule is C.C.C.C.C.CC(C)[C@@H]1CNCC(C)(C)C1.CC(C)[C@@H]1CNC[C@@H](C)C1.CC(C)[C@@H]1CNC[C@H](C)C1.CC(C)[C@H]1CCC(C)(C)NC1.CC(C)[C@H]1CC[C@H](C)NC1. The van der Waals surface area contributed by atoms with Gasteiger partial charge in [0.05, 0.1) is 0 Å². The Bertz CT molecular complexity index is 836. The molecule has 5 heterocycles. The summed E-state index contributed by atoms with van der Waals surface area (Å²) >= 11 is 0. The minimum absolute atomic E-state index is 0. The summed E-state index contributed by atoms with van der Waals surface area (Å²) in [5.41, 5.74) is 0.915. The molecule has 0 unspecified atom stereocenters. The Morgan fingerprint density at radius 1 is 0.439 bits per heavy atom. The highest BCUT2D eigenvalue weighted by Gasteiger charge is 2.29. The summed E-state index contributed by atoms with van der Waals surface area (Å²) in [6, 6.07) is 0.759. The van der Waals surface area contributed by atoms with E-state index in [1.807, 2.05) is 0 Å².